The van der Waals surface area contributed by atoms with E-state index in [0.717, 1.165) is 19.3 Å². The molecule has 0 spiro atoms. The van der Waals surface area contributed by atoms with Crippen molar-refractivity contribution in [2.75, 3.05) is 0 Å². The molecule has 21 heavy (non-hydrogen) atoms. The number of urea groups is 1. The van der Waals surface area contributed by atoms with Gasteiger partial charge < -0.3 is 15.7 Å². The molecule has 0 heterocycles. The average Bonchev–Trinajstić information content (AvgIpc) is 2.46. The van der Waals surface area contributed by atoms with Crippen LogP contribution in [0, 0.1) is 0 Å². The first-order chi connectivity index (χ1) is 10.1. The van der Waals surface area contributed by atoms with Crippen LogP contribution in [0.5, 0.6) is 0 Å². The molecule has 5 nitrogen and oxygen atoms in total. The molecule has 1 aliphatic rings. The molecule has 1 aliphatic carbocycles. The number of carboxylic acids is 1. The Hall–Kier alpha value is -2.04. The highest BCUT2D eigenvalue weighted by molar-refractivity contribution is 5.82. The van der Waals surface area contributed by atoms with Crippen LogP contribution < -0.4 is 10.6 Å². The van der Waals surface area contributed by atoms with Crippen molar-refractivity contribution in [3.8, 4) is 0 Å². The molecule has 2 rings (SSSR count). The van der Waals surface area contributed by atoms with E-state index in [9.17, 15) is 9.59 Å². The van der Waals surface area contributed by atoms with E-state index < -0.39 is 12.0 Å². The van der Waals surface area contributed by atoms with Gasteiger partial charge in [0.05, 0.1) is 0 Å². The first kappa shape index (κ1) is 15.4. The summed E-state index contributed by atoms with van der Waals surface area (Å²) in [7, 11) is 0. The van der Waals surface area contributed by atoms with Gasteiger partial charge in [-0.05, 0) is 36.8 Å². The Kier molecular flexibility index (Phi) is 5.20. The zero-order valence-corrected chi connectivity index (χ0v) is 12.3. The number of carboxylic acid groups (broad SMARTS) is 1. The van der Waals surface area contributed by atoms with E-state index in [2.05, 4.69) is 22.8 Å². The SMILES string of the molecule is CCCC(NC(=O)NC1CCc2ccccc2C1)C(=O)O. The van der Waals surface area contributed by atoms with Crippen molar-refractivity contribution < 1.29 is 14.7 Å². The molecule has 1 aromatic rings. The fourth-order valence-corrected chi connectivity index (χ4v) is 2.75. The van der Waals surface area contributed by atoms with Crippen molar-refractivity contribution in [3.63, 3.8) is 0 Å². The summed E-state index contributed by atoms with van der Waals surface area (Å²) in [6, 6.07) is 7.10. The van der Waals surface area contributed by atoms with Gasteiger partial charge in [0.15, 0.2) is 0 Å². The molecule has 1 aromatic carbocycles. The Labute approximate surface area is 124 Å². The van der Waals surface area contributed by atoms with Crippen molar-refractivity contribution in [2.24, 2.45) is 0 Å². The summed E-state index contributed by atoms with van der Waals surface area (Å²) in [6.07, 6.45) is 3.79. The number of amides is 2. The van der Waals surface area contributed by atoms with Gasteiger partial charge in [-0.15, -0.1) is 0 Å². The standard InChI is InChI=1S/C16H22N2O3/c1-2-5-14(15(19)20)18-16(21)17-13-9-8-11-6-3-4-7-12(11)10-13/h3-4,6-7,13-14H,2,5,8-10H2,1H3,(H,19,20)(H2,17,18,21). The minimum Gasteiger partial charge on any atom is -0.480 e. The lowest BCUT2D eigenvalue weighted by molar-refractivity contribution is -0.139. The Morgan fingerprint density at radius 1 is 1.33 bits per heavy atom. The summed E-state index contributed by atoms with van der Waals surface area (Å²) in [6.45, 7) is 1.90. The predicted octanol–water partition coefficient (Wildman–Crippen LogP) is 2.10. The number of hydrogen-bond acceptors (Lipinski definition) is 2. The highest BCUT2D eigenvalue weighted by atomic mass is 16.4. The molecule has 114 valence electrons. The normalized spacial score (nSPS) is 18.4. The maximum Gasteiger partial charge on any atom is 0.326 e. The second-order valence-electron chi connectivity index (χ2n) is 5.51. The number of aliphatic carboxylic acids is 1. The highest BCUT2D eigenvalue weighted by Crippen LogP contribution is 2.20. The fourth-order valence-electron chi connectivity index (χ4n) is 2.75. The van der Waals surface area contributed by atoms with Crippen LogP contribution in [0.25, 0.3) is 0 Å². The van der Waals surface area contributed by atoms with Crippen LogP contribution in [0.15, 0.2) is 24.3 Å². The van der Waals surface area contributed by atoms with Gasteiger partial charge >= 0.3 is 12.0 Å². The monoisotopic (exact) mass is 290 g/mol. The number of carbonyl (C=O) groups excluding carboxylic acids is 1. The molecule has 3 N–H and O–H groups in total. The Balaban J connectivity index is 1.88. The molecule has 0 saturated heterocycles. The van der Waals surface area contributed by atoms with Gasteiger partial charge in [0.1, 0.15) is 6.04 Å². The molecule has 2 amide bonds. The fraction of sp³-hybridized carbons (Fsp3) is 0.500. The summed E-state index contributed by atoms with van der Waals surface area (Å²) in [5.74, 6) is -0.985. The van der Waals surface area contributed by atoms with Crippen LogP contribution in [0.3, 0.4) is 0 Å². The maximum absolute atomic E-state index is 11.9. The summed E-state index contributed by atoms with van der Waals surface area (Å²) < 4.78 is 0. The zero-order chi connectivity index (χ0) is 15.2. The summed E-state index contributed by atoms with van der Waals surface area (Å²) >= 11 is 0. The van der Waals surface area contributed by atoms with Gasteiger partial charge in [-0.25, -0.2) is 9.59 Å². The number of rotatable bonds is 5. The summed E-state index contributed by atoms with van der Waals surface area (Å²) in [4.78, 5) is 23.0. The molecule has 0 bridgehead atoms. The van der Waals surface area contributed by atoms with Crippen molar-refractivity contribution in [1.82, 2.24) is 10.6 Å². The van der Waals surface area contributed by atoms with Gasteiger partial charge in [-0.3, -0.25) is 0 Å². The van der Waals surface area contributed by atoms with Crippen LogP contribution in [-0.2, 0) is 17.6 Å². The quantitative estimate of drug-likeness (QED) is 0.777. The second kappa shape index (κ2) is 7.11. The van der Waals surface area contributed by atoms with E-state index in [4.69, 9.17) is 5.11 Å². The average molecular weight is 290 g/mol. The van der Waals surface area contributed by atoms with Crippen LogP contribution in [0.4, 0.5) is 4.79 Å². The van der Waals surface area contributed by atoms with E-state index in [1.54, 1.807) is 0 Å². The molecule has 0 aromatic heterocycles. The number of fused-ring (bicyclic) bond motifs is 1. The largest absolute Gasteiger partial charge is 0.480 e. The van der Waals surface area contributed by atoms with E-state index in [0.29, 0.717) is 12.8 Å². The molecule has 2 unspecified atom stereocenters. The number of hydrogen-bond donors (Lipinski definition) is 3. The number of nitrogens with one attached hydrogen (secondary N) is 2. The molecule has 0 saturated carbocycles. The molecular formula is C16H22N2O3. The number of carbonyl (C=O) groups is 2. The molecule has 0 fully saturated rings. The van der Waals surface area contributed by atoms with Crippen molar-refractivity contribution >= 4 is 12.0 Å². The van der Waals surface area contributed by atoms with E-state index >= 15 is 0 Å². The Morgan fingerprint density at radius 3 is 2.71 bits per heavy atom. The summed E-state index contributed by atoms with van der Waals surface area (Å²) in [5, 5.41) is 14.5. The van der Waals surface area contributed by atoms with E-state index in [1.165, 1.54) is 11.1 Å². The van der Waals surface area contributed by atoms with Crippen LogP contribution in [0.2, 0.25) is 0 Å². The lowest BCUT2D eigenvalue weighted by Crippen LogP contribution is -2.50. The minimum absolute atomic E-state index is 0.0657. The van der Waals surface area contributed by atoms with E-state index in [1.807, 2.05) is 19.1 Å². The van der Waals surface area contributed by atoms with Crippen molar-refractivity contribution in [2.45, 2.75) is 51.1 Å². The topological polar surface area (TPSA) is 78.4 Å². The third kappa shape index (κ3) is 4.21. The second-order valence-corrected chi connectivity index (χ2v) is 5.51. The number of aryl methyl sites for hydroxylation is 1. The zero-order valence-electron chi connectivity index (χ0n) is 12.3. The Morgan fingerprint density at radius 2 is 2.05 bits per heavy atom. The maximum atomic E-state index is 11.9. The lowest BCUT2D eigenvalue weighted by Gasteiger charge is -2.26. The van der Waals surface area contributed by atoms with Crippen LogP contribution >= 0.6 is 0 Å². The van der Waals surface area contributed by atoms with Gasteiger partial charge in [0, 0.05) is 6.04 Å². The molecule has 5 heteroatoms. The van der Waals surface area contributed by atoms with Crippen molar-refractivity contribution in [1.29, 1.82) is 0 Å². The predicted molar refractivity (Wildman–Crippen MR) is 80.3 cm³/mol. The molecular weight excluding hydrogens is 268 g/mol. The minimum atomic E-state index is -0.985. The third-order valence-corrected chi connectivity index (χ3v) is 3.86. The molecule has 0 aliphatic heterocycles. The highest BCUT2D eigenvalue weighted by Gasteiger charge is 2.23. The smallest absolute Gasteiger partial charge is 0.326 e. The molecule has 0 radical (unpaired) electrons. The number of benzene rings is 1. The van der Waals surface area contributed by atoms with Crippen LogP contribution in [-0.4, -0.2) is 29.2 Å². The molecule has 2 atom stereocenters. The van der Waals surface area contributed by atoms with Gasteiger partial charge in [0.2, 0.25) is 0 Å². The lowest BCUT2D eigenvalue weighted by atomic mass is 9.88. The van der Waals surface area contributed by atoms with Gasteiger partial charge in [-0.2, -0.15) is 0 Å². The Bertz CT molecular complexity index is 516. The van der Waals surface area contributed by atoms with Gasteiger partial charge in [0.25, 0.3) is 0 Å². The third-order valence-electron chi connectivity index (χ3n) is 3.86. The first-order valence-electron chi connectivity index (χ1n) is 7.46. The first-order valence-corrected chi connectivity index (χ1v) is 7.46. The van der Waals surface area contributed by atoms with Crippen molar-refractivity contribution in [3.05, 3.63) is 35.4 Å². The van der Waals surface area contributed by atoms with E-state index in [-0.39, 0.29) is 12.1 Å². The van der Waals surface area contributed by atoms with Gasteiger partial charge in [-0.1, -0.05) is 37.6 Å². The van der Waals surface area contributed by atoms with Crippen LogP contribution in [0.1, 0.15) is 37.3 Å². The summed E-state index contributed by atoms with van der Waals surface area (Å²) in [5.41, 5.74) is 2.60.